The number of aliphatic hydroxyl groups excluding tert-OH is 5. The summed E-state index contributed by atoms with van der Waals surface area (Å²) in [6.07, 6.45) is 77.0. The van der Waals surface area contributed by atoms with Gasteiger partial charge in [0.2, 0.25) is 5.91 Å². The molecule has 0 saturated carbocycles. The minimum Gasteiger partial charge on any atom is -0.394 e. The van der Waals surface area contributed by atoms with Crippen molar-refractivity contribution in [3.05, 3.63) is 36.5 Å². The van der Waals surface area contributed by atoms with E-state index in [0.29, 0.717) is 6.42 Å². The number of unbranched alkanes of at least 4 members (excludes halogenated alkanes) is 50. The fraction of sp³-hybridized carbons (Fsp3) is 0.904. The van der Waals surface area contributed by atoms with Crippen LogP contribution >= 0.6 is 0 Å². The monoisotopic (exact) mass is 1160 g/mol. The standard InChI is InChI=1S/C73H139NO8/c1-3-5-7-9-11-13-15-17-19-21-23-25-27-29-31-32-33-34-35-37-38-40-42-44-46-48-50-52-54-56-58-60-62-67(76)66(65-81-73-72(80)71(79)70(78)68(64-75)82-73)74-69(77)63-61-59-57-55-53-51-49-47-45-43-41-39-36-30-28-26-24-22-20-18-16-14-12-10-8-6-4-2/h44,46,52,54,60,62,66-68,70-73,75-76,78-80H,3-43,45,47-51,53,55-59,61,63-65H2,1-2H3,(H,74,77)/b46-44+,54-52+,62-60+. The van der Waals surface area contributed by atoms with Crippen molar-refractivity contribution in [1.29, 1.82) is 0 Å². The Balaban J connectivity index is 2.14. The van der Waals surface area contributed by atoms with Gasteiger partial charge in [-0.3, -0.25) is 4.79 Å². The highest BCUT2D eigenvalue weighted by atomic mass is 16.7. The van der Waals surface area contributed by atoms with Crippen molar-refractivity contribution in [2.75, 3.05) is 13.2 Å². The number of aliphatic hydroxyl groups is 5. The Morgan fingerprint density at radius 3 is 1.02 bits per heavy atom. The van der Waals surface area contributed by atoms with Gasteiger partial charge < -0.3 is 40.3 Å². The molecule has 82 heavy (non-hydrogen) atoms. The quantitative estimate of drug-likeness (QED) is 0.0261. The zero-order valence-electron chi connectivity index (χ0n) is 54.3. The highest BCUT2D eigenvalue weighted by Gasteiger charge is 2.44. The Kier molecular flexibility index (Phi) is 59.7. The molecule has 0 aromatic heterocycles. The van der Waals surface area contributed by atoms with E-state index in [4.69, 9.17) is 9.47 Å². The summed E-state index contributed by atoms with van der Waals surface area (Å²) >= 11 is 0. The first-order chi connectivity index (χ1) is 40.3. The number of rotatable bonds is 64. The highest BCUT2D eigenvalue weighted by molar-refractivity contribution is 5.76. The minimum atomic E-state index is -1.57. The summed E-state index contributed by atoms with van der Waals surface area (Å²) in [5.74, 6) is -0.183. The molecule has 6 N–H and O–H groups in total. The third kappa shape index (κ3) is 50.6. The molecule has 1 fully saturated rings. The van der Waals surface area contributed by atoms with Crippen LogP contribution in [0.4, 0.5) is 0 Å². The number of carbonyl (C=O) groups excluding carboxylic acids is 1. The summed E-state index contributed by atoms with van der Waals surface area (Å²) in [6.45, 7) is 3.82. The van der Waals surface area contributed by atoms with Crippen molar-refractivity contribution in [2.45, 2.75) is 410 Å². The lowest BCUT2D eigenvalue weighted by atomic mass is 9.99. The molecule has 0 aromatic carbocycles. The SMILES string of the molecule is CCCCCCCCCCCCCCCCCCCCCCCC/C=C/CC/C=C/CC/C=C/C(O)C(COC1OC(CO)C(O)C(O)C1O)NC(=O)CCCCCCCCCCCCCCCCCCCCCCCCCCCCC. The Morgan fingerprint density at radius 2 is 0.695 bits per heavy atom. The van der Waals surface area contributed by atoms with E-state index in [1.165, 1.54) is 302 Å². The minimum absolute atomic E-state index is 0.183. The zero-order valence-corrected chi connectivity index (χ0v) is 54.3. The van der Waals surface area contributed by atoms with Gasteiger partial charge in [-0.15, -0.1) is 0 Å². The van der Waals surface area contributed by atoms with Crippen molar-refractivity contribution >= 4 is 5.91 Å². The Bertz CT molecular complexity index is 1390. The van der Waals surface area contributed by atoms with Crippen LogP contribution in [-0.4, -0.2) is 87.5 Å². The predicted molar refractivity (Wildman–Crippen MR) is 350 cm³/mol. The molecule has 7 unspecified atom stereocenters. The summed E-state index contributed by atoms with van der Waals surface area (Å²) in [6, 6.07) is -0.828. The molecule has 7 atom stereocenters. The first-order valence-corrected chi connectivity index (χ1v) is 36.2. The van der Waals surface area contributed by atoms with Crippen LogP contribution in [0.2, 0.25) is 0 Å². The molecule has 484 valence electrons. The first kappa shape index (κ1) is 78.4. The van der Waals surface area contributed by atoms with Crippen molar-refractivity contribution in [3.8, 4) is 0 Å². The molecular formula is C73H139NO8. The smallest absolute Gasteiger partial charge is 0.220 e. The van der Waals surface area contributed by atoms with Crippen molar-refractivity contribution in [2.24, 2.45) is 0 Å². The number of nitrogens with one attached hydrogen (secondary N) is 1. The molecule has 1 aliphatic heterocycles. The van der Waals surface area contributed by atoms with Crippen LogP contribution in [0.3, 0.4) is 0 Å². The van der Waals surface area contributed by atoms with E-state index in [2.05, 4.69) is 43.5 Å². The lowest BCUT2D eigenvalue weighted by Gasteiger charge is -2.40. The lowest BCUT2D eigenvalue weighted by Crippen LogP contribution is -2.60. The molecule has 1 heterocycles. The van der Waals surface area contributed by atoms with Gasteiger partial charge in [0, 0.05) is 6.42 Å². The van der Waals surface area contributed by atoms with Crippen LogP contribution in [0.25, 0.3) is 0 Å². The topological polar surface area (TPSA) is 149 Å². The molecule has 0 spiro atoms. The van der Waals surface area contributed by atoms with E-state index in [1.807, 2.05) is 6.08 Å². The van der Waals surface area contributed by atoms with Crippen LogP contribution in [0.5, 0.6) is 0 Å². The van der Waals surface area contributed by atoms with E-state index < -0.39 is 49.5 Å². The van der Waals surface area contributed by atoms with Crippen LogP contribution in [0, 0.1) is 0 Å². The number of hydrogen-bond donors (Lipinski definition) is 6. The maximum Gasteiger partial charge on any atom is 0.220 e. The van der Waals surface area contributed by atoms with E-state index >= 15 is 0 Å². The molecule has 0 bridgehead atoms. The van der Waals surface area contributed by atoms with Crippen molar-refractivity contribution in [1.82, 2.24) is 5.32 Å². The fourth-order valence-corrected chi connectivity index (χ4v) is 11.8. The third-order valence-electron chi connectivity index (χ3n) is 17.4. The number of allylic oxidation sites excluding steroid dienone is 5. The number of hydrogen-bond acceptors (Lipinski definition) is 8. The van der Waals surface area contributed by atoms with Crippen molar-refractivity contribution in [3.63, 3.8) is 0 Å². The Morgan fingerprint density at radius 1 is 0.402 bits per heavy atom. The van der Waals surface area contributed by atoms with Gasteiger partial charge in [0.15, 0.2) is 6.29 Å². The van der Waals surface area contributed by atoms with E-state index in [9.17, 15) is 30.3 Å². The molecule has 1 rings (SSSR count). The number of ether oxygens (including phenoxy) is 2. The Labute approximate surface area is 508 Å². The summed E-state index contributed by atoms with van der Waals surface area (Å²) < 4.78 is 11.3. The predicted octanol–water partition coefficient (Wildman–Crippen LogP) is 19.8. The lowest BCUT2D eigenvalue weighted by molar-refractivity contribution is -0.302. The van der Waals surface area contributed by atoms with Gasteiger partial charge >= 0.3 is 0 Å². The normalized spacial score (nSPS) is 18.5. The van der Waals surface area contributed by atoms with Gasteiger partial charge in [-0.2, -0.15) is 0 Å². The van der Waals surface area contributed by atoms with Crippen LogP contribution in [0.15, 0.2) is 36.5 Å². The van der Waals surface area contributed by atoms with Crippen molar-refractivity contribution < 1.29 is 39.8 Å². The van der Waals surface area contributed by atoms with Gasteiger partial charge in [0.25, 0.3) is 0 Å². The third-order valence-corrected chi connectivity index (χ3v) is 17.4. The van der Waals surface area contributed by atoms with E-state index in [1.54, 1.807) is 6.08 Å². The summed E-state index contributed by atoms with van der Waals surface area (Å²) in [7, 11) is 0. The molecule has 1 aliphatic rings. The number of carbonyl (C=O) groups is 1. The van der Waals surface area contributed by atoms with Gasteiger partial charge in [0.1, 0.15) is 24.4 Å². The van der Waals surface area contributed by atoms with E-state index in [0.717, 1.165) is 44.9 Å². The first-order valence-electron chi connectivity index (χ1n) is 36.2. The largest absolute Gasteiger partial charge is 0.394 e. The van der Waals surface area contributed by atoms with Gasteiger partial charge in [-0.25, -0.2) is 0 Å². The average molecular weight is 1160 g/mol. The van der Waals surface area contributed by atoms with Gasteiger partial charge in [-0.05, 0) is 44.9 Å². The number of amides is 1. The van der Waals surface area contributed by atoms with Crippen LogP contribution in [-0.2, 0) is 14.3 Å². The molecule has 9 nitrogen and oxygen atoms in total. The molecule has 0 aliphatic carbocycles. The second-order valence-corrected chi connectivity index (χ2v) is 25.4. The van der Waals surface area contributed by atoms with Gasteiger partial charge in [0.05, 0.1) is 25.4 Å². The molecule has 1 saturated heterocycles. The van der Waals surface area contributed by atoms with Crippen LogP contribution < -0.4 is 5.32 Å². The molecule has 0 aromatic rings. The second-order valence-electron chi connectivity index (χ2n) is 25.4. The second kappa shape index (κ2) is 62.5. The summed E-state index contributed by atoms with van der Waals surface area (Å²) in [5.41, 5.74) is 0. The van der Waals surface area contributed by atoms with E-state index in [-0.39, 0.29) is 12.5 Å². The van der Waals surface area contributed by atoms with Crippen LogP contribution in [0.1, 0.15) is 367 Å². The fourth-order valence-electron chi connectivity index (χ4n) is 11.8. The highest BCUT2D eigenvalue weighted by Crippen LogP contribution is 2.24. The van der Waals surface area contributed by atoms with Gasteiger partial charge in [-0.1, -0.05) is 352 Å². The molecule has 0 radical (unpaired) electrons. The maximum atomic E-state index is 13.1. The average Bonchev–Trinajstić information content (AvgIpc) is 3.57. The zero-order chi connectivity index (χ0) is 59.3. The Hall–Kier alpha value is -1.59. The molecular weight excluding hydrogens is 1020 g/mol. The maximum absolute atomic E-state index is 13.1. The summed E-state index contributed by atoms with van der Waals surface area (Å²) in [5, 5.41) is 54.7. The molecule has 9 heteroatoms. The summed E-state index contributed by atoms with van der Waals surface area (Å²) in [4.78, 5) is 13.1. The molecule has 1 amide bonds.